The van der Waals surface area contributed by atoms with Crippen molar-refractivity contribution in [3.8, 4) is 11.9 Å². The van der Waals surface area contributed by atoms with E-state index in [1.54, 1.807) is 0 Å². The maximum Gasteiger partial charge on any atom is 0.321 e. The third-order valence-corrected chi connectivity index (χ3v) is 9.54. The highest BCUT2D eigenvalue weighted by atomic mass is 32.2. The predicted octanol–water partition coefficient (Wildman–Crippen LogP) is 3.69. The number of rotatable bonds is 6. The summed E-state index contributed by atoms with van der Waals surface area (Å²) in [6.07, 6.45) is 0. The fraction of sp³-hybridized carbons (Fsp3) is 0.200. The van der Waals surface area contributed by atoms with Crippen LogP contribution < -0.4 is 19.1 Å². The third-order valence-electron chi connectivity index (χ3n) is 8.17. The average molecular weight is 569 g/mol. The van der Waals surface area contributed by atoms with Gasteiger partial charge in [0.2, 0.25) is 17.7 Å². The monoisotopic (exact) mass is 568 g/mol. The topological polar surface area (TPSA) is 128 Å². The molecule has 2 amide bonds. The van der Waals surface area contributed by atoms with Crippen molar-refractivity contribution in [2.45, 2.75) is 16.7 Å². The number of benzene rings is 3. The summed E-state index contributed by atoms with van der Waals surface area (Å²) >= 11 is 0. The lowest BCUT2D eigenvalue weighted by atomic mass is 9.55. The summed E-state index contributed by atoms with van der Waals surface area (Å²) < 4.78 is 38.7. The summed E-state index contributed by atoms with van der Waals surface area (Å²) in [4.78, 5) is 37.0. The second-order valence-corrected chi connectivity index (χ2v) is 11.8. The molecular weight excluding hydrogens is 544 g/mol. The van der Waals surface area contributed by atoms with Crippen LogP contribution in [0.4, 0.5) is 11.5 Å². The molecule has 3 aromatic carbocycles. The Labute approximate surface area is 236 Å². The fourth-order valence-corrected chi connectivity index (χ4v) is 7.55. The van der Waals surface area contributed by atoms with E-state index in [1.165, 1.54) is 49.5 Å². The number of methoxy groups -OCH3 is 2. The zero-order valence-corrected chi connectivity index (χ0v) is 22.8. The molecule has 8 rings (SSSR count). The minimum absolute atomic E-state index is 0.0404. The molecule has 4 aromatic rings. The number of nitrogens with zero attached hydrogens (tertiary/aromatic N) is 3. The molecule has 1 aliphatic heterocycles. The van der Waals surface area contributed by atoms with Crippen molar-refractivity contribution in [3.63, 3.8) is 0 Å². The first-order chi connectivity index (χ1) is 19.8. The van der Waals surface area contributed by atoms with Crippen LogP contribution in [0, 0.1) is 11.8 Å². The highest BCUT2D eigenvalue weighted by Crippen LogP contribution is 2.61. The van der Waals surface area contributed by atoms with Crippen molar-refractivity contribution < 1.29 is 27.5 Å². The van der Waals surface area contributed by atoms with Crippen LogP contribution in [-0.4, -0.2) is 44.4 Å². The van der Waals surface area contributed by atoms with Gasteiger partial charge in [0.1, 0.15) is 0 Å². The molecule has 0 saturated carbocycles. The first kappa shape index (κ1) is 25.2. The predicted molar refractivity (Wildman–Crippen MR) is 148 cm³/mol. The van der Waals surface area contributed by atoms with Crippen LogP contribution in [0.5, 0.6) is 11.9 Å². The van der Waals surface area contributed by atoms with E-state index in [0.717, 1.165) is 22.3 Å². The molecule has 0 radical (unpaired) electrons. The lowest BCUT2D eigenvalue weighted by molar-refractivity contribution is -0.122. The molecule has 2 atom stereocenters. The Hall–Kier alpha value is -4.77. The summed E-state index contributed by atoms with van der Waals surface area (Å²) in [5.74, 6) is -1.94. The Morgan fingerprint density at radius 3 is 1.71 bits per heavy atom. The van der Waals surface area contributed by atoms with Gasteiger partial charge >= 0.3 is 6.01 Å². The zero-order valence-electron chi connectivity index (χ0n) is 22.0. The molecule has 1 fully saturated rings. The molecule has 4 aliphatic rings. The Kier molecular flexibility index (Phi) is 5.62. The number of amides is 2. The van der Waals surface area contributed by atoms with Gasteiger partial charge in [0.15, 0.2) is 5.82 Å². The average Bonchev–Trinajstić information content (AvgIpc) is 3.26. The van der Waals surface area contributed by atoms with Crippen molar-refractivity contribution in [2.75, 3.05) is 23.8 Å². The van der Waals surface area contributed by atoms with Crippen molar-refractivity contribution in [2.24, 2.45) is 11.8 Å². The van der Waals surface area contributed by atoms with Gasteiger partial charge < -0.3 is 9.47 Å². The largest absolute Gasteiger partial charge is 0.481 e. The van der Waals surface area contributed by atoms with E-state index in [2.05, 4.69) is 39.0 Å². The standard InChI is InChI=1S/C30H24N4O6S/c1-39-23-15-22(31-30(32-23)40-2)33-41(37,38)17-13-11-16(12-14-17)34-28(35)26-24-18-7-3-4-8-19(18)25(27(26)29(34)36)21-10-6-5-9-20(21)24/h3-15,24-27H,1-2H3,(H,31,32,33)/t24?,25?,26-,27-/m1/s1. The smallest absolute Gasteiger partial charge is 0.321 e. The van der Waals surface area contributed by atoms with Crippen molar-refractivity contribution in [3.05, 3.63) is 101 Å². The zero-order chi connectivity index (χ0) is 28.5. The number of carbonyl (C=O) groups excluding carboxylic acids is 2. The van der Waals surface area contributed by atoms with Crippen LogP contribution in [0.25, 0.3) is 0 Å². The molecule has 0 spiro atoms. The molecule has 2 bridgehead atoms. The number of ether oxygens (including phenoxy) is 2. The van der Waals surface area contributed by atoms with Gasteiger partial charge in [0, 0.05) is 17.9 Å². The van der Waals surface area contributed by atoms with Crippen LogP contribution in [0.15, 0.2) is 83.8 Å². The van der Waals surface area contributed by atoms with E-state index in [4.69, 9.17) is 9.47 Å². The highest BCUT2D eigenvalue weighted by Gasteiger charge is 2.61. The first-order valence-corrected chi connectivity index (χ1v) is 14.5. The lowest BCUT2D eigenvalue weighted by Gasteiger charge is -2.45. The van der Waals surface area contributed by atoms with E-state index in [-0.39, 0.29) is 46.3 Å². The highest BCUT2D eigenvalue weighted by molar-refractivity contribution is 7.92. The molecule has 1 aromatic heterocycles. The second kappa shape index (κ2) is 9.13. The summed E-state index contributed by atoms with van der Waals surface area (Å²) in [5.41, 5.74) is 4.68. The molecule has 1 N–H and O–H groups in total. The van der Waals surface area contributed by atoms with Gasteiger partial charge in [-0.3, -0.25) is 14.3 Å². The number of imide groups is 1. The molecule has 1 saturated heterocycles. The Morgan fingerprint density at radius 2 is 1.24 bits per heavy atom. The number of anilines is 2. The summed E-state index contributed by atoms with van der Waals surface area (Å²) in [6, 6.07) is 23.0. The molecule has 10 nitrogen and oxygen atoms in total. The van der Waals surface area contributed by atoms with Crippen LogP contribution in [0.1, 0.15) is 34.1 Å². The van der Waals surface area contributed by atoms with Crippen LogP contribution in [0.3, 0.4) is 0 Å². The van der Waals surface area contributed by atoms with E-state index in [0.29, 0.717) is 5.69 Å². The molecule has 0 unspecified atom stereocenters. The van der Waals surface area contributed by atoms with Gasteiger partial charge in [-0.05, 0) is 46.5 Å². The van der Waals surface area contributed by atoms with Crippen LogP contribution in [0.2, 0.25) is 0 Å². The van der Waals surface area contributed by atoms with Gasteiger partial charge in [0.05, 0.1) is 36.6 Å². The molecule has 206 valence electrons. The van der Waals surface area contributed by atoms with E-state index < -0.39 is 21.9 Å². The molecule has 2 heterocycles. The molecular formula is C30H24N4O6S. The van der Waals surface area contributed by atoms with Gasteiger partial charge in [0.25, 0.3) is 10.0 Å². The number of nitrogens with one attached hydrogen (secondary N) is 1. The maximum atomic E-state index is 13.9. The molecule has 11 heteroatoms. The molecule has 41 heavy (non-hydrogen) atoms. The summed E-state index contributed by atoms with van der Waals surface area (Å²) in [7, 11) is -1.33. The lowest BCUT2D eigenvalue weighted by Crippen LogP contribution is -2.41. The SMILES string of the molecule is COc1cc(NS(=O)(=O)c2ccc(N3C(=O)[C@@H]4C5c6ccccc6C(c6ccccc65)[C@H]4C3=O)cc2)nc(OC)n1. The number of carbonyl (C=O) groups is 2. The maximum absolute atomic E-state index is 13.9. The van der Waals surface area contributed by atoms with Gasteiger partial charge in [-0.1, -0.05) is 48.5 Å². The van der Waals surface area contributed by atoms with Gasteiger partial charge in [-0.2, -0.15) is 9.97 Å². The van der Waals surface area contributed by atoms with E-state index in [9.17, 15) is 18.0 Å². The van der Waals surface area contributed by atoms with Crippen molar-refractivity contribution in [1.29, 1.82) is 0 Å². The number of aromatic nitrogens is 2. The minimum Gasteiger partial charge on any atom is -0.481 e. The number of sulfonamides is 1. The number of hydrogen-bond acceptors (Lipinski definition) is 8. The van der Waals surface area contributed by atoms with Crippen LogP contribution >= 0.6 is 0 Å². The van der Waals surface area contributed by atoms with Crippen molar-refractivity contribution in [1.82, 2.24) is 9.97 Å². The Morgan fingerprint density at radius 1 is 0.732 bits per heavy atom. The van der Waals surface area contributed by atoms with Crippen LogP contribution in [-0.2, 0) is 19.6 Å². The Bertz CT molecular complexity index is 1700. The van der Waals surface area contributed by atoms with E-state index >= 15 is 0 Å². The Balaban J connectivity index is 1.21. The summed E-state index contributed by atoms with van der Waals surface area (Å²) in [5, 5.41) is 0. The minimum atomic E-state index is -4.07. The summed E-state index contributed by atoms with van der Waals surface area (Å²) in [6.45, 7) is 0. The van der Waals surface area contributed by atoms with Gasteiger partial charge in [-0.25, -0.2) is 13.3 Å². The van der Waals surface area contributed by atoms with E-state index in [1.807, 2.05) is 24.3 Å². The van der Waals surface area contributed by atoms with Gasteiger partial charge in [-0.15, -0.1) is 0 Å². The normalized spacial score (nSPS) is 22.1. The third kappa shape index (κ3) is 3.72. The molecule has 3 aliphatic carbocycles. The van der Waals surface area contributed by atoms with Crippen molar-refractivity contribution >= 4 is 33.3 Å². The number of hydrogen-bond donors (Lipinski definition) is 1. The fourth-order valence-electron chi connectivity index (χ4n) is 6.55. The first-order valence-electron chi connectivity index (χ1n) is 13.0. The second-order valence-electron chi connectivity index (χ2n) is 10.2. The quantitative estimate of drug-likeness (QED) is 0.349.